The highest BCUT2D eigenvalue weighted by molar-refractivity contribution is 7.07. The zero-order chi connectivity index (χ0) is 16.2. The molecular formula is C18H24N2O3S. The standard InChI is InChI=1S/C18H24N2O3S/c1-5-21-6-2-14(1)9-20-10-16-3-7-23-17(18(16)19-20)12-22-11-15-4-8-24-13-15/h4,8,10,13-14,17H,1-3,5-7,9,11-12H2. The number of thiophene rings is 1. The van der Waals surface area contributed by atoms with E-state index in [9.17, 15) is 0 Å². The van der Waals surface area contributed by atoms with Gasteiger partial charge in [-0.15, -0.1) is 0 Å². The predicted molar refractivity (Wildman–Crippen MR) is 92.1 cm³/mol. The summed E-state index contributed by atoms with van der Waals surface area (Å²) in [6.45, 7) is 4.71. The first-order valence-corrected chi connectivity index (χ1v) is 9.67. The summed E-state index contributed by atoms with van der Waals surface area (Å²) in [5.41, 5.74) is 3.61. The van der Waals surface area contributed by atoms with Crippen LogP contribution < -0.4 is 0 Å². The van der Waals surface area contributed by atoms with Crippen LogP contribution in [-0.2, 0) is 33.8 Å². The van der Waals surface area contributed by atoms with E-state index in [1.54, 1.807) is 11.3 Å². The lowest BCUT2D eigenvalue weighted by atomic mass is 10.0. The van der Waals surface area contributed by atoms with Gasteiger partial charge < -0.3 is 14.2 Å². The van der Waals surface area contributed by atoms with E-state index in [4.69, 9.17) is 19.3 Å². The second-order valence-corrected chi connectivity index (χ2v) is 7.35. The van der Waals surface area contributed by atoms with Gasteiger partial charge in [-0.2, -0.15) is 16.4 Å². The molecule has 130 valence electrons. The monoisotopic (exact) mass is 348 g/mol. The molecule has 2 aromatic heterocycles. The van der Waals surface area contributed by atoms with E-state index >= 15 is 0 Å². The lowest BCUT2D eigenvalue weighted by molar-refractivity contribution is -0.0321. The van der Waals surface area contributed by atoms with Crippen molar-refractivity contribution in [1.29, 1.82) is 0 Å². The van der Waals surface area contributed by atoms with Crippen LogP contribution >= 0.6 is 11.3 Å². The summed E-state index contributed by atoms with van der Waals surface area (Å²) in [5, 5.41) is 9.01. The van der Waals surface area contributed by atoms with Gasteiger partial charge in [0.25, 0.3) is 0 Å². The Balaban J connectivity index is 1.36. The first-order valence-electron chi connectivity index (χ1n) is 8.73. The van der Waals surface area contributed by atoms with Crippen LogP contribution in [0.15, 0.2) is 23.0 Å². The Morgan fingerprint density at radius 3 is 3.04 bits per heavy atom. The molecule has 0 radical (unpaired) electrons. The van der Waals surface area contributed by atoms with Crippen LogP contribution in [0.2, 0.25) is 0 Å². The molecule has 1 atom stereocenters. The minimum absolute atomic E-state index is 0.0386. The minimum atomic E-state index is -0.0386. The fraction of sp³-hybridized carbons (Fsp3) is 0.611. The molecule has 2 aliphatic rings. The molecule has 4 heterocycles. The summed E-state index contributed by atoms with van der Waals surface area (Å²) in [4.78, 5) is 0. The summed E-state index contributed by atoms with van der Waals surface area (Å²) < 4.78 is 19.3. The van der Waals surface area contributed by atoms with Gasteiger partial charge in [-0.25, -0.2) is 0 Å². The smallest absolute Gasteiger partial charge is 0.125 e. The largest absolute Gasteiger partial charge is 0.381 e. The van der Waals surface area contributed by atoms with Gasteiger partial charge in [0.05, 0.1) is 25.5 Å². The van der Waals surface area contributed by atoms with Crippen LogP contribution in [0.5, 0.6) is 0 Å². The number of fused-ring (bicyclic) bond motifs is 1. The zero-order valence-electron chi connectivity index (χ0n) is 13.9. The molecule has 0 saturated carbocycles. The SMILES string of the molecule is c1cc(COCC2OCCc3cn(CC4CCOCC4)nc32)cs1. The molecule has 0 amide bonds. The number of ether oxygens (including phenoxy) is 3. The molecule has 2 aromatic rings. The maximum absolute atomic E-state index is 5.91. The topological polar surface area (TPSA) is 45.5 Å². The van der Waals surface area contributed by atoms with Crippen LogP contribution in [0, 0.1) is 5.92 Å². The fourth-order valence-corrected chi connectivity index (χ4v) is 4.06. The van der Waals surface area contributed by atoms with Crippen molar-refractivity contribution in [2.45, 2.75) is 38.5 Å². The highest BCUT2D eigenvalue weighted by atomic mass is 32.1. The van der Waals surface area contributed by atoms with Gasteiger partial charge in [-0.1, -0.05) is 0 Å². The van der Waals surface area contributed by atoms with Gasteiger partial charge in [0.15, 0.2) is 0 Å². The van der Waals surface area contributed by atoms with Crippen molar-refractivity contribution in [2.75, 3.05) is 26.4 Å². The Kier molecular flexibility index (Phi) is 5.27. The third kappa shape index (κ3) is 3.88. The molecule has 1 saturated heterocycles. The lowest BCUT2D eigenvalue weighted by Gasteiger charge is -2.22. The number of hydrogen-bond acceptors (Lipinski definition) is 5. The highest BCUT2D eigenvalue weighted by Gasteiger charge is 2.26. The zero-order valence-corrected chi connectivity index (χ0v) is 14.7. The van der Waals surface area contributed by atoms with Crippen LogP contribution in [0.3, 0.4) is 0 Å². The second kappa shape index (κ2) is 7.78. The minimum Gasteiger partial charge on any atom is -0.381 e. The molecule has 0 N–H and O–H groups in total. The van der Waals surface area contributed by atoms with E-state index in [0.29, 0.717) is 19.1 Å². The molecule has 0 bridgehead atoms. The predicted octanol–water partition coefficient (Wildman–Crippen LogP) is 3.20. The molecule has 2 aliphatic heterocycles. The summed E-state index contributed by atoms with van der Waals surface area (Å²) in [6.07, 6.45) is 5.38. The van der Waals surface area contributed by atoms with Crippen molar-refractivity contribution >= 4 is 11.3 Å². The molecule has 0 aromatic carbocycles. The van der Waals surface area contributed by atoms with E-state index in [1.807, 2.05) is 0 Å². The molecule has 1 unspecified atom stereocenters. The van der Waals surface area contributed by atoms with Gasteiger partial charge in [0, 0.05) is 26.0 Å². The Labute approximate surface area is 146 Å². The van der Waals surface area contributed by atoms with Crippen LogP contribution in [0.1, 0.15) is 35.8 Å². The number of hydrogen-bond donors (Lipinski definition) is 0. The molecule has 4 rings (SSSR count). The number of aromatic nitrogens is 2. The van der Waals surface area contributed by atoms with Gasteiger partial charge in [0.1, 0.15) is 6.10 Å². The Morgan fingerprint density at radius 1 is 1.29 bits per heavy atom. The van der Waals surface area contributed by atoms with E-state index in [1.165, 1.54) is 11.1 Å². The first-order chi connectivity index (χ1) is 11.9. The molecule has 1 fully saturated rings. The molecule has 5 nitrogen and oxygen atoms in total. The van der Waals surface area contributed by atoms with Crippen molar-refractivity contribution in [1.82, 2.24) is 9.78 Å². The summed E-state index contributed by atoms with van der Waals surface area (Å²) in [7, 11) is 0. The average molecular weight is 348 g/mol. The number of nitrogens with zero attached hydrogens (tertiary/aromatic N) is 2. The molecule has 6 heteroatoms. The molecule has 0 aliphatic carbocycles. The van der Waals surface area contributed by atoms with Gasteiger partial charge in [-0.3, -0.25) is 4.68 Å². The van der Waals surface area contributed by atoms with Crippen molar-refractivity contribution in [3.05, 3.63) is 39.8 Å². The molecule has 24 heavy (non-hydrogen) atoms. The van der Waals surface area contributed by atoms with Crippen molar-refractivity contribution in [2.24, 2.45) is 5.92 Å². The maximum Gasteiger partial charge on any atom is 0.125 e. The van der Waals surface area contributed by atoms with E-state index < -0.39 is 0 Å². The quantitative estimate of drug-likeness (QED) is 0.804. The highest BCUT2D eigenvalue weighted by Crippen LogP contribution is 2.27. The summed E-state index contributed by atoms with van der Waals surface area (Å²) >= 11 is 1.70. The third-order valence-corrected chi connectivity index (χ3v) is 5.50. The lowest BCUT2D eigenvalue weighted by Crippen LogP contribution is -2.21. The molecule has 0 spiro atoms. The van der Waals surface area contributed by atoms with Crippen LogP contribution in [0.25, 0.3) is 0 Å². The Bertz CT molecular complexity index is 635. The van der Waals surface area contributed by atoms with Crippen molar-refractivity contribution in [3.8, 4) is 0 Å². The molecular weight excluding hydrogens is 324 g/mol. The fourth-order valence-electron chi connectivity index (χ4n) is 3.40. The Morgan fingerprint density at radius 2 is 2.21 bits per heavy atom. The summed E-state index contributed by atoms with van der Waals surface area (Å²) in [5.74, 6) is 0.675. The first kappa shape index (κ1) is 16.3. The van der Waals surface area contributed by atoms with Gasteiger partial charge >= 0.3 is 0 Å². The van der Waals surface area contributed by atoms with Gasteiger partial charge in [-0.05, 0) is 53.1 Å². The second-order valence-electron chi connectivity index (χ2n) is 6.57. The van der Waals surface area contributed by atoms with E-state index in [2.05, 4.69) is 27.7 Å². The van der Waals surface area contributed by atoms with Crippen LogP contribution in [0.4, 0.5) is 0 Å². The van der Waals surface area contributed by atoms with Crippen molar-refractivity contribution < 1.29 is 14.2 Å². The van der Waals surface area contributed by atoms with E-state index in [0.717, 1.165) is 51.3 Å². The van der Waals surface area contributed by atoms with E-state index in [-0.39, 0.29) is 6.10 Å². The van der Waals surface area contributed by atoms with Crippen molar-refractivity contribution in [3.63, 3.8) is 0 Å². The third-order valence-electron chi connectivity index (χ3n) is 4.77. The maximum atomic E-state index is 5.91. The van der Waals surface area contributed by atoms with Gasteiger partial charge in [0.2, 0.25) is 0 Å². The normalized spacial score (nSPS) is 21.8. The average Bonchev–Trinajstić information content (AvgIpc) is 3.25. The van der Waals surface area contributed by atoms with Crippen LogP contribution in [-0.4, -0.2) is 36.2 Å². The number of rotatable bonds is 6. The Hall–Kier alpha value is -1.21. The summed E-state index contributed by atoms with van der Waals surface area (Å²) in [6, 6.07) is 2.10.